The Bertz CT molecular complexity index is 1240. The molecule has 0 saturated carbocycles. The molecule has 2 heterocycles. The van der Waals surface area contributed by atoms with Gasteiger partial charge in [0.1, 0.15) is 16.9 Å². The average Bonchev–Trinajstić information content (AvgIpc) is 2.91. The van der Waals surface area contributed by atoms with Crippen LogP contribution in [0.5, 0.6) is 5.75 Å². The van der Waals surface area contributed by atoms with Crippen molar-refractivity contribution in [2.24, 2.45) is 0 Å². The van der Waals surface area contributed by atoms with Gasteiger partial charge in [0, 0.05) is 11.5 Å². The number of nitrogens with one attached hydrogen (secondary N) is 1. The molecule has 160 valence electrons. The van der Waals surface area contributed by atoms with E-state index < -0.39 is 29.7 Å². The van der Waals surface area contributed by atoms with Crippen molar-refractivity contribution >= 4 is 22.9 Å². The molecule has 0 spiro atoms. The number of carbonyl (C=O) groups excluding carboxylic acids is 2. The molecule has 31 heavy (non-hydrogen) atoms. The van der Waals surface area contributed by atoms with Gasteiger partial charge in [-0.3, -0.25) is 9.69 Å². The van der Waals surface area contributed by atoms with E-state index in [9.17, 15) is 23.2 Å². The van der Waals surface area contributed by atoms with Gasteiger partial charge in [-0.05, 0) is 48.7 Å². The number of aryl methyl sites for hydroxylation is 1. The molecule has 0 radical (unpaired) electrons. The number of hydrogen-bond acceptors (Lipinski definition) is 5. The summed E-state index contributed by atoms with van der Waals surface area (Å²) in [5, 5.41) is 3.26. The maximum Gasteiger partial charge on any atom is 0.387 e. The highest BCUT2D eigenvalue weighted by Crippen LogP contribution is 2.32. The van der Waals surface area contributed by atoms with Gasteiger partial charge in [0.15, 0.2) is 0 Å². The fraction of sp³-hybridized carbons (Fsp3) is 0.227. The molecule has 1 N–H and O–H groups in total. The smallest absolute Gasteiger partial charge is 0.387 e. The maximum absolute atomic E-state index is 13.2. The van der Waals surface area contributed by atoms with Crippen LogP contribution in [0, 0.1) is 6.92 Å². The SMILES string of the molecule is Cc1ccc2c(CN3C(=O)NC(C)(c4ccc(OC(F)F)cc4)C3=O)cc(=O)oc2c1. The molecule has 0 bridgehead atoms. The lowest BCUT2D eigenvalue weighted by Crippen LogP contribution is -2.40. The van der Waals surface area contributed by atoms with Crippen LogP contribution in [0.2, 0.25) is 0 Å². The van der Waals surface area contributed by atoms with Crippen LogP contribution in [0.3, 0.4) is 0 Å². The van der Waals surface area contributed by atoms with E-state index in [0.717, 1.165) is 10.5 Å². The van der Waals surface area contributed by atoms with E-state index >= 15 is 0 Å². The van der Waals surface area contributed by atoms with E-state index in [1.807, 2.05) is 13.0 Å². The van der Waals surface area contributed by atoms with Crippen molar-refractivity contribution in [1.82, 2.24) is 10.2 Å². The van der Waals surface area contributed by atoms with Gasteiger partial charge in [0.2, 0.25) is 0 Å². The summed E-state index contributed by atoms with van der Waals surface area (Å²) >= 11 is 0. The molecule has 1 aliphatic heterocycles. The van der Waals surface area contributed by atoms with Crippen LogP contribution in [0.15, 0.2) is 57.7 Å². The van der Waals surface area contributed by atoms with Crippen LogP contribution in [0.25, 0.3) is 11.0 Å². The lowest BCUT2D eigenvalue weighted by atomic mass is 9.92. The van der Waals surface area contributed by atoms with Gasteiger partial charge >= 0.3 is 18.3 Å². The van der Waals surface area contributed by atoms with Gasteiger partial charge in [0.05, 0.1) is 6.54 Å². The van der Waals surface area contributed by atoms with Crippen molar-refractivity contribution in [3.05, 3.63) is 75.6 Å². The Labute approximate surface area is 175 Å². The van der Waals surface area contributed by atoms with Crippen molar-refractivity contribution in [1.29, 1.82) is 0 Å². The first-order valence-electron chi connectivity index (χ1n) is 9.40. The van der Waals surface area contributed by atoms with E-state index in [1.165, 1.54) is 37.3 Å². The number of urea groups is 1. The Balaban J connectivity index is 1.65. The monoisotopic (exact) mass is 428 g/mol. The standard InChI is InChI=1S/C22H18F2N2O5/c1-12-3-8-16-13(10-18(27)31-17(16)9-12)11-26-19(28)22(2,25-21(26)29)14-4-6-15(7-5-14)30-20(23)24/h3-10,20H,11H2,1-2H3,(H,25,29). The Morgan fingerprint density at radius 3 is 2.48 bits per heavy atom. The van der Waals surface area contributed by atoms with Gasteiger partial charge in [-0.1, -0.05) is 24.3 Å². The van der Waals surface area contributed by atoms with Crippen molar-refractivity contribution < 1.29 is 27.5 Å². The van der Waals surface area contributed by atoms with Crippen molar-refractivity contribution in [3.63, 3.8) is 0 Å². The molecule has 3 amide bonds. The van der Waals surface area contributed by atoms with E-state index in [2.05, 4.69) is 10.1 Å². The lowest BCUT2D eigenvalue weighted by Gasteiger charge is -2.22. The minimum atomic E-state index is -2.97. The predicted molar refractivity (Wildman–Crippen MR) is 107 cm³/mol. The van der Waals surface area contributed by atoms with Crippen molar-refractivity contribution in [2.75, 3.05) is 0 Å². The zero-order chi connectivity index (χ0) is 22.3. The molecule has 1 saturated heterocycles. The first-order chi connectivity index (χ1) is 14.7. The zero-order valence-electron chi connectivity index (χ0n) is 16.6. The molecule has 1 unspecified atom stereocenters. The molecular weight excluding hydrogens is 410 g/mol. The van der Waals surface area contributed by atoms with E-state index in [-0.39, 0.29) is 12.3 Å². The van der Waals surface area contributed by atoms with E-state index in [0.29, 0.717) is 22.1 Å². The summed E-state index contributed by atoms with van der Waals surface area (Å²) in [5.74, 6) is -0.595. The third-order valence-electron chi connectivity index (χ3n) is 5.25. The summed E-state index contributed by atoms with van der Waals surface area (Å²) in [6.45, 7) is 0.286. The molecule has 7 nitrogen and oxygen atoms in total. The molecule has 9 heteroatoms. The zero-order valence-corrected chi connectivity index (χ0v) is 16.6. The first kappa shape index (κ1) is 20.5. The number of alkyl halides is 2. The van der Waals surface area contributed by atoms with Crippen LogP contribution in [-0.2, 0) is 16.9 Å². The van der Waals surface area contributed by atoms with Crippen LogP contribution in [-0.4, -0.2) is 23.4 Å². The van der Waals surface area contributed by atoms with Crippen LogP contribution in [0.1, 0.15) is 23.6 Å². The van der Waals surface area contributed by atoms with Crippen molar-refractivity contribution in [3.8, 4) is 5.75 Å². The summed E-state index contributed by atoms with van der Waals surface area (Å²) in [6.07, 6.45) is 0. The van der Waals surface area contributed by atoms with E-state index in [1.54, 1.807) is 12.1 Å². The highest BCUT2D eigenvalue weighted by atomic mass is 19.3. The average molecular weight is 428 g/mol. The molecule has 1 aromatic heterocycles. The normalized spacial score (nSPS) is 18.7. The summed E-state index contributed by atoms with van der Waals surface area (Å²) in [5.41, 5.74) is 0.161. The number of halogens is 2. The van der Waals surface area contributed by atoms with Crippen LogP contribution >= 0.6 is 0 Å². The first-order valence-corrected chi connectivity index (χ1v) is 9.40. The molecule has 1 aliphatic rings. The Morgan fingerprint density at radius 1 is 1.10 bits per heavy atom. The van der Waals surface area contributed by atoms with Crippen LogP contribution < -0.4 is 15.7 Å². The Hall–Kier alpha value is -3.75. The second-order valence-corrected chi connectivity index (χ2v) is 7.44. The molecule has 1 atom stereocenters. The number of benzene rings is 2. The highest BCUT2D eigenvalue weighted by Gasteiger charge is 2.49. The Kier molecular flexibility index (Phi) is 4.96. The summed E-state index contributed by atoms with van der Waals surface area (Å²) in [6, 6.07) is 11.4. The fourth-order valence-corrected chi connectivity index (χ4v) is 3.64. The number of carbonyl (C=O) groups is 2. The summed E-state index contributed by atoms with van der Waals surface area (Å²) in [4.78, 5) is 38.8. The third kappa shape index (κ3) is 3.74. The number of nitrogens with zero attached hydrogens (tertiary/aromatic N) is 1. The van der Waals surface area contributed by atoms with Crippen LogP contribution in [0.4, 0.5) is 13.6 Å². The summed E-state index contributed by atoms with van der Waals surface area (Å²) < 4.78 is 34.3. The lowest BCUT2D eigenvalue weighted by molar-refractivity contribution is -0.131. The molecule has 2 aromatic carbocycles. The topological polar surface area (TPSA) is 88.9 Å². The number of ether oxygens (including phenoxy) is 1. The molecular formula is C22H18F2N2O5. The second-order valence-electron chi connectivity index (χ2n) is 7.44. The minimum absolute atomic E-state index is 0.0613. The second kappa shape index (κ2) is 7.50. The summed E-state index contributed by atoms with van der Waals surface area (Å²) in [7, 11) is 0. The molecule has 0 aliphatic carbocycles. The minimum Gasteiger partial charge on any atom is -0.435 e. The molecule has 4 rings (SSSR count). The van der Waals surface area contributed by atoms with Gasteiger partial charge < -0.3 is 14.5 Å². The van der Waals surface area contributed by atoms with Crippen molar-refractivity contribution in [2.45, 2.75) is 32.5 Å². The predicted octanol–water partition coefficient (Wildman–Crippen LogP) is 3.67. The Morgan fingerprint density at radius 2 is 1.81 bits per heavy atom. The number of rotatable bonds is 5. The number of hydrogen-bond donors (Lipinski definition) is 1. The number of fused-ring (bicyclic) bond motifs is 1. The van der Waals surface area contributed by atoms with E-state index in [4.69, 9.17) is 4.42 Å². The third-order valence-corrected chi connectivity index (χ3v) is 5.25. The highest BCUT2D eigenvalue weighted by molar-refractivity contribution is 6.07. The van der Waals surface area contributed by atoms with Gasteiger partial charge in [0.25, 0.3) is 5.91 Å². The number of amides is 3. The largest absolute Gasteiger partial charge is 0.435 e. The number of imide groups is 1. The molecule has 3 aromatic rings. The molecule has 1 fully saturated rings. The van der Waals surface area contributed by atoms with Gasteiger partial charge in [-0.2, -0.15) is 8.78 Å². The fourth-order valence-electron chi connectivity index (χ4n) is 3.64. The van der Waals surface area contributed by atoms with Gasteiger partial charge in [-0.25, -0.2) is 9.59 Å². The van der Waals surface area contributed by atoms with Gasteiger partial charge in [-0.15, -0.1) is 0 Å². The quantitative estimate of drug-likeness (QED) is 0.495. The maximum atomic E-state index is 13.2.